The zero-order chi connectivity index (χ0) is 14.5. The molecule has 118 valence electrons. The summed E-state index contributed by atoms with van der Waals surface area (Å²) in [6.07, 6.45) is 13.2. The van der Waals surface area contributed by atoms with Crippen molar-refractivity contribution in [1.29, 1.82) is 0 Å². The summed E-state index contributed by atoms with van der Waals surface area (Å²) in [5, 5.41) is 4.91. The van der Waals surface area contributed by atoms with Gasteiger partial charge in [0, 0.05) is 5.25 Å². The van der Waals surface area contributed by atoms with E-state index in [0.717, 1.165) is 16.8 Å². The van der Waals surface area contributed by atoms with E-state index in [9.17, 15) is 0 Å². The van der Waals surface area contributed by atoms with Crippen LogP contribution in [0.2, 0.25) is 0 Å². The molecule has 0 spiro atoms. The smallest absolute Gasteiger partial charge is 0.243 e. The molecule has 1 aromatic heterocycles. The fraction of sp³-hybridized carbons (Fsp3) is 0.875. The van der Waals surface area contributed by atoms with Crippen LogP contribution >= 0.6 is 11.8 Å². The van der Waals surface area contributed by atoms with E-state index in [4.69, 9.17) is 10.3 Å². The number of nitrogens with zero attached hydrogens (tertiary/aromatic N) is 2. The Morgan fingerprint density at radius 2 is 1.71 bits per heavy atom. The van der Waals surface area contributed by atoms with Crippen molar-refractivity contribution in [3.05, 3.63) is 11.7 Å². The van der Waals surface area contributed by atoms with Gasteiger partial charge in [0.1, 0.15) is 0 Å². The van der Waals surface area contributed by atoms with Crippen LogP contribution in [0.5, 0.6) is 0 Å². The van der Waals surface area contributed by atoms with Crippen LogP contribution in [-0.4, -0.2) is 15.4 Å². The van der Waals surface area contributed by atoms with Crippen molar-refractivity contribution in [2.24, 2.45) is 11.7 Å². The first kappa shape index (κ1) is 15.3. The fourth-order valence-electron chi connectivity index (χ4n) is 3.58. The van der Waals surface area contributed by atoms with Crippen molar-refractivity contribution < 1.29 is 4.52 Å². The topological polar surface area (TPSA) is 64.9 Å². The van der Waals surface area contributed by atoms with Gasteiger partial charge in [-0.25, -0.2) is 0 Å². The Balaban J connectivity index is 1.50. The van der Waals surface area contributed by atoms with E-state index < -0.39 is 0 Å². The van der Waals surface area contributed by atoms with Crippen molar-refractivity contribution in [2.75, 3.05) is 0 Å². The normalized spacial score (nSPS) is 23.3. The highest BCUT2D eigenvalue weighted by Crippen LogP contribution is 2.33. The summed E-state index contributed by atoms with van der Waals surface area (Å²) in [5.74, 6) is 2.87. The van der Waals surface area contributed by atoms with Crippen LogP contribution in [0.25, 0.3) is 0 Å². The Morgan fingerprint density at radius 1 is 1.05 bits per heavy atom. The molecule has 3 rings (SSSR count). The minimum atomic E-state index is -0.0637. The Hall–Kier alpha value is -0.550. The van der Waals surface area contributed by atoms with Gasteiger partial charge >= 0.3 is 0 Å². The summed E-state index contributed by atoms with van der Waals surface area (Å²) < 4.78 is 5.42. The maximum atomic E-state index is 6.32. The molecule has 1 heterocycles. The molecule has 0 radical (unpaired) electrons. The molecule has 2 aliphatic carbocycles. The Bertz CT molecular complexity index is 425. The fourth-order valence-corrected chi connectivity index (χ4v) is 4.75. The molecule has 21 heavy (non-hydrogen) atoms. The highest BCUT2D eigenvalue weighted by Gasteiger charge is 2.26. The summed E-state index contributed by atoms with van der Waals surface area (Å²) in [4.78, 5) is 4.55. The highest BCUT2D eigenvalue weighted by atomic mass is 32.2. The SMILES string of the molecule is NC(c1nc(CSC2CCCCC2)no1)C1CCCCC1. The minimum absolute atomic E-state index is 0.0637. The average Bonchev–Trinajstić information content (AvgIpc) is 3.03. The van der Waals surface area contributed by atoms with Gasteiger partial charge in [0.15, 0.2) is 5.82 Å². The van der Waals surface area contributed by atoms with E-state index in [2.05, 4.69) is 10.1 Å². The molecule has 1 aromatic rings. The summed E-state index contributed by atoms with van der Waals surface area (Å²) in [5.41, 5.74) is 6.32. The van der Waals surface area contributed by atoms with E-state index in [1.54, 1.807) is 0 Å². The molecule has 0 saturated heterocycles. The zero-order valence-corrected chi connectivity index (χ0v) is 13.6. The van der Waals surface area contributed by atoms with Crippen molar-refractivity contribution >= 4 is 11.8 Å². The monoisotopic (exact) mass is 309 g/mol. The molecule has 2 N–H and O–H groups in total. The lowest BCUT2D eigenvalue weighted by Gasteiger charge is -2.24. The standard InChI is InChI=1S/C16H27N3OS/c17-15(12-7-3-1-4-8-12)16-18-14(19-20-16)11-21-13-9-5-2-6-10-13/h12-13,15H,1-11,17H2. The van der Waals surface area contributed by atoms with Crippen LogP contribution in [0.1, 0.15) is 82.0 Å². The van der Waals surface area contributed by atoms with Gasteiger partial charge in [-0.3, -0.25) is 0 Å². The van der Waals surface area contributed by atoms with E-state index in [1.807, 2.05) is 11.8 Å². The third kappa shape index (κ3) is 4.22. The molecular formula is C16H27N3OS. The first-order valence-electron chi connectivity index (χ1n) is 8.52. The van der Waals surface area contributed by atoms with E-state index in [0.29, 0.717) is 11.8 Å². The molecule has 1 unspecified atom stereocenters. The lowest BCUT2D eigenvalue weighted by Crippen LogP contribution is -2.23. The average molecular weight is 309 g/mol. The van der Waals surface area contributed by atoms with E-state index in [1.165, 1.54) is 64.2 Å². The van der Waals surface area contributed by atoms with Crippen LogP contribution < -0.4 is 5.73 Å². The Labute approximate surface area is 131 Å². The van der Waals surface area contributed by atoms with Gasteiger partial charge in [-0.05, 0) is 31.6 Å². The van der Waals surface area contributed by atoms with Gasteiger partial charge in [0.05, 0.1) is 11.8 Å². The third-order valence-corrected chi connectivity index (χ3v) is 6.29. The molecule has 4 nitrogen and oxygen atoms in total. The number of rotatable bonds is 5. The molecule has 2 fully saturated rings. The highest BCUT2D eigenvalue weighted by molar-refractivity contribution is 7.99. The molecule has 0 amide bonds. The summed E-state index contributed by atoms with van der Waals surface area (Å²) in [6.45, 7) is 0. The maximum absolute atomic E-state index is 6.32. The Kier molecular flexibility index (Phi) is 5.58. The van der Waals surface area contributed by atoms with E-state index in [-0.39, 0.29) is 6.04 Å². The number of aromatic nitrogens is 2. The van der Waals surface area contributed by atoms with Gasteiger partial charge in [-0.15, -0.1) is 0 Å². The van der Waals surface area contributed by atoms with Crippen LogP contribution in [-0.2, 0) is 5.75 Å². The number of nitrogens with two attached hydrogens (primary N) is 1. The van der Waals surface area contributed by atoms with Crippen LogP contribution in [0.4, 0.5) is 0 Å². The number of thioether (sulfide) groups is 1. The van der Waals surface area contributed by atoms with Gasteiger partial charge in [0.2, 0.25) is 5.89 Å². The van der Waals surface area contributed by atoms with Crippen molar-refractivity contribution in [3.63, 3.8) is 0 Å². The van der Waals surface area contributed by atoms with Crippen LogP contribution in [0, 0.1) is 5.92 Å². The van der Waals surface area contributed by atoms with Gasteiger partial charge in [-0.1, -0.05) is 43.7 Å². The summed E-state index contributed by atoms with van der Waals surface area (Å²) in [7, 11) is 0. The van der Waals surface area contributed by atoms with E-state index >= 15 is 0 Å². The third-order valence-electron chi connectivity index (χ3n) is 4.93. The Morgan fingerprint density at radius 3 is 2.43 bits per heavy atom. The first-order valence-corrected chi connectivity index (χ1v) is 9.57. The van der Waals surface area contributed by atoms with Crippen LogP contribution in [0.15, 0.2) is 4.52 Å². The zero-order valence-electron chi connectivity index (χ0n) is 12.8. The lowest BCUT2D eigenvalue weighted by molar-refractivity contribution is 0.255. The van der Waals surface area contributed by atoms with Crippen LogP contribution in [0.3, 0.4) is 0 Å². The summed E-state index contributed by atoms with van der Waals surface area (Å²) >= 11 is 1.99. The molecule has 2 aliphatic rings. The van der Waals surface area contributed by atoms with Gasteiger partial charge in [0.25, 0.3) is 0 Å². The van der Waals surface area contributed by atoms with Gasteiger partial charge < -0.3 is 10.3 Å². The minimum Gasteiger partial charge on any atom is -0.338 e. The first-order chi connectivity index (χ1) is 10.3. The quantitative estimate of drug-likeness (QED) is 0.882. The molecule has 0 aliphatic heterocycles. The second-order valence-electron chi connectivity index (χ2n) is 6.54. The van der Waals surface area contributed by atoms with Crippen molar-refractivity contribution in [3.8, 4) is 0 Å². The molecular weight excluding hydrogens is 282 g/mol. The maximum Gasteiger partial charge on any atom is 0.243 e. The number of hydrogen-bond acceptors (Lipinski definition) is 5. The predicted octanol–water partition coefficient (Wildman–Crippen LogP) is 4.22. The molecule has 1 atom stereocenters. The number of hydrogen-bond donors (Lipinski definition) is 1. The second kappa shape index (κ2) is 7.63. The lowest BCUT2D eigenvalue weighted by atomic mass is 9.84. The molecule has 5 heteroatoms. The second-order valence-corrected chi connectivity index (χ2v) is 7.83. The molecule has 0 bridgehead atoms. The largest absolute Gasteiger partial charge is 0.338 e. The summed E-state index contributed by atoms with van der Waals surface area (Å²) in [6, 6.07) is -0.0637. The van der Waals surface area contributed by atoms with Gasteiger partial charge in [-0.2, -0.15) is 16.7 Å². The van der Waals surface area contributed by atoms with Crippen molar-refractivity contribution in [1.82, 2.24) is 10.1 Å². The molecule has 2 saturated carbocycles. The van der Waals surface area contributed by atoms with Crippen molar-refractivity contribution in [2.45, 2.75) is 81.3 Å². The molecule has 0 aromatic carbocycles. The predicted molar refractivity (Wildman–Crippen MR) is 86.0 cm³/mol.